The molecule has 2 amide bonds. The Labute approximate surface area is 181 Å². The first-order chi connectivity index (χ1) is 15.1. The molecule has 0 bridgehead atoms. The zero-order chi connectivity index (χ0) is 21.6. The number of aromatic nitrogens is 1. The molecular weight excluding hydrogens is 398 g/mol. The summed E-state index contributed by atoms with van der Waals surface area (Å²) in [7, 11) is 1.59. The number of pyridine rings is 1. The number of methoxy groups -OCH3 is 1. The highest BCUT2D eigenvalue weighted by Crippen LogP contribution is 2.21. The summed E-state index contributed by atoms with van der Waals surface area (Å²) in [5.74, 6) is 1.13. The normalized spacial score (nSPS) is 17.3. The number of ether oxygens (including phenoxy) is 3. The number of carbonyl (C=O) groups is 2. The third-order valence-electron chi connectivity index (χ3n) is 5.61. The van der Waals surface area contributed by atoms with Gasteiger partial charge in [0.25, 0.3) is 11.8 Å². The van der Waals surface area contributed by atoms with E-state index in [4.69, 9.17) is 14.2 Å². The molecule has 0 radical (unpaired) electrons. The molecule has 2 fully saturated rings. The van der Waals surface area contributed by atoms with Crippen LogP contribution >= 0.6 is 0 Å². The quantitative estimate of drug-likeness (QED) is 0.731. The molecule has 0 unspecified atom stereocenters. The van der Waals surface area contributed by atoms with E-state index in [1.807, 2.05) is 17.0 Å². The topological polar surface area (TPSA) is 81.2 Å². The number of amides is 2. The summed E-state index contributed by atoms with van der Waals surface area (Å²) in [5.41, 5.74) is 1.17. The number of piperidine rings is 1. The van der Waals surface area contributed by atoms with Crippen LogP contribution in [0.2, 0.25) is 0 Å². The first kappa shape index (κ1) is 21.1. The highest BCUT2D eigenvalue weighted by Gasteiger charge is 2.25. The fraction of sp³-hybridized carbons (Fsp3) is 0.435. The SMILES string of the molecule is COc1cccc(C(=O)N2CCC(Oc3ccc(C(=O)N4CCOCC4)cn3)CC2)c1. The van der Waals surface area contributed by atoms with Crippen molar-refractivity contribution in [3.8, 4) is 11.6 Å². The molecule has 31 heavy (non-hydrogen) atoms. The predicted molar refractivity (Wildman–Crippen MR) is 114 cm³/mol. The van der Waals surface area contributed by atoms with Gasteiger partial charge in [-0.05, 0) is 24.3 Å². The number of hydrogen-bond acceptors (Lipinski definition) is 6. The highest BCUT2D eigenvalue weighted by atomic mass is 16.5. The molecule has 2 aromatic rings. The van der Waals surface area contributed by atoms with Crippen molar-refractivity contribution < 1.29 is 23.8 Å². The molecule has 2 aliphatic rings. The number of likely N-dealkylation sites (tertiary alicyclic amines) is 1. The largest absolute Gasteiger partial charge is 0.497 e. The summed E-state index contributed by atoms with van der Waals surface area (Å²) in [4.78, 5) is 33.2. The Bertz CT molecular complexity index is 904. The standard InChI is InChI=1S/C23H27N3O5/c1-29-20-4-2-3-17(15-20)22(27)25-9-7-19(8-10-25)31-21-6-5-18(16-24-21)23(28)26-11-13-30-14-12-26/h2-6,15-16,19H,7-14H2,1H3. The molecule has 2 saturated heterocycles. The van der Waals surface area contributed by atoms with Crippen LogP contribution in [0.3, 0.4) is 0 Å². The number of morpholine rings is 1. The van der Waals surface area contributed by atoms with Crippen LogP contribution in [-0.4, -0.2) is 79.2 Å². The third-order valence-corrected chi connectivity index (χ3v) is 5.61. The first-order valence-electron chi connectivity index (χ1n) is 10.6. The van der Waals surface area contributed by atoms with Crippen molar-refractivity contribution in [2.75, 3.05) is 46.5 Å². The minimum atomic E-state index is -0.0355. The molecule has 8 nitrogen and oxygen atoms in total. The van der Waals surface area contributed by atoms with E-state index in [0.717, 1.165) is 12.8 Å². The first-order valence-corrected chi connectivity index (χ1v) is 10.6. The van der Waals surface area contributed by atoms with Crippen molar-refractivity contribution >= 4 is 11.8 Å². The van der Waals surface area contributed by atoms with Crippen molar-refractivity contribution in [1.82, 2.24) is 14.8 Å². The van der Waals surface area contributed by atoms with Gasteiger partial charge in [-0.3, -0.25) is 9.59 Å². The number of rotatable bonds is 5. The van der Waals surface area contributed by atoms with E-state index < -0.39 is 0 Å². The Morgan fingerprint density at radius 2 is 1.68 bits per heavy atom. The van der Waals surface area contributed by atoms with E-state index in [1.54, 1.807) is 42.5 Å². The van der Waals surface area contributed by atoms with Crippen LogP contribution in [0.4, 0.5) is 0 Å². The summed E-state index contributed by atoms with van der Waals surface area (Å²) in [6.07, 6.45) is 3.01. The Morgan fingerprint density at radius 3 is 2.35 bits per heavy atom. The van der Waals surface area contributed by atoms with E-state index in [0.29, 0.717) is 62.1 Å². The molecule has 1 aromatic heterocycles. The lowest BCUT2D eigenvalue weighted by Gasteiger charge is -2.32. The molecule has 0 atom stereocenters. The highest BCUT2D eigenvalue weighted by molar-refractivity contribution is 5.95. The molecule has 4 rings (SSSR count). The minimum absolute atomic E-state index is 0.00135. The van der Waals surface area contributed by atoms with Gasteiger partial charge in [-0.1, -0.05) is 6.07 Å². The van der Waals surface area contributed by atoms with Crippen LogP contribution in [0.1, 0.15) is 33.6 Å². The van der Waals surface area contributed by atoms with Crippen molar-refractivity contribution in [3.63, 3.8) is 0 Å². The van der Waals surface area contributed by atoms with Gasteiger partial charge < -0.3 is 24.0 Å². The van der Waals surface area contributed by atoms with Crippen LogP contribution in [0.25, 0.3) is 0 Å². The lowest BCUT2D eigenvalue weighted by atomic mass is 10.1. The smallest absolute Gasteiger partial charge is 0.255 e. The van der Waals surface area contributed by atoms with Gasteiger partial charge in [0.1, 0.15) is 11.9 Å². The van der Waals surface area contributed by atoms with Gasteiger partial charge in [-0.15, -0.1) is 0 Å². The molecule has 3 heterocycles. The van der Waals surface area contributed by atoms with E-state index >= 15 is 0 Å². The summed E-state index contributed by atoms with van der Waals surface area (Å²) >= 11 is 0. The van der Waals surface area contributed by atoms with Crippen molar-refractivity contribution in [2.45, 2.75) is 18.9 Å². The number of nitrogens with zero attached hydrogens (tertiary/aromatic N) is 3. The summed E-state index contributed by atoms with van der Waals surface area (Å²) in [6.45, 7) is 3.58. The third kappa shape index (κ3) is 5.14. The second kappa shape index (κ2) is 9.78. The number of benzene rings is 1. The van der Waals surface area contributed by atoms with Gasteiger partial charge in [0.05, 0.1) is 25.9 Å². The fourth-order valence-electron chi connectivity index (χ4n) is 3.81. The second-order valence-electron chi connectivity index (χ2n) is 7.63. The second-order valence-corrected chi connectivity index (χ2v) is 7.63. The fourth-order valence-corrected chi connectivity index (χ4v) is 3.81. The van der Waals surface area contributed by atoms with Crippen LogP contribution in [0, 0.1) is 0 Å². The van der Waals surface area contributed by atoms with Crippen LogP contribution in [0.15, 0.2) is 42.6 Å². The van der Waals surface area contributed by atoms with E-state index in [9.17, 15) is 9.59 Å². The Kier molecular flexibility index (Phi) is 6.66. The van der Waals surface area contributed by atoms with Gasteiger partial charge in [0.2, 0.25) is 5.88 Å². The van der Waals surface area contributed by atoms with Crippen LogP contribution in [0.5, 0.6) is 11.6 Å². The van der Waals surface area contributed by atoms with Crippen molar-refractivity contribution in [2.24, 2.45) is 0 Å². The molecule has 164 valence electrons. The maximum absolute atomic E-state index is 12.7. The van der Waals surface area contributed by atoms with Gasteiger partial charge >= 0.3 is 0 Å². The van der Waals surface area contributed by atoms with E-state index in [2.05, 4.69) is 4.98 Å². The molecular formula is C23H27N3O5. The molecule has 0 saturated carbocycles. The maximum Gasteiger partial charge on any atom is 0.255 e. The molecule has 0 N–H and O–H groups in total. The van der Waals surface area contributed by atoms with E-state index in [1.165, 1.54) is 0 Å². The summed E-state index contributed by atoms with van der Waals surface area (Å²) in [5, 5.41) is 0. The molecule has 8 heteroatoms. The van der Waals surface area contributed by atoms with Crippen molar-refractivity contribution in [3.05, 3.63) is 53.7 Å². The zero-order valence-corrected chi connectivity index (χ0v) is 17.7. The average Bonchev–Trinajstić information content (AvgIpc) is 2.84. The zero-order valence-electron chi connectivity index (χ0n) is 17.7. The molecule has 0 aliphatic carbocycles. The van der Waals surface area contributed by atoms with Gasteiger partial charge in [0, 0.05) is 56.8 Å². The molecule has 0 spiro atoms. The summed E-state index contributed by atoms with van der Waals surface area (Å²) < 4.78 is 16.5. The Morgan fingerprint density at radius 1 is 0.968 bits per heavy atom. The number of carbonyl (C=O) groups excluding carboxylic acids is 2. The van der Waals surface area contributed by atoms with Gasteiger partial charge in [-0.2, -0.15) is 0 Å². The lowest BCUT2D eigenvalue weighted by Crippen LogP contribution is -2.42. The van der Waals surface area contributed by atoms with E-state index in [-0.39, 0.29) is 17.9 Å². The lowest BCUT2D eigenvalue weighted by molar-refractivity contribution is 0.0302. The summed E-state index contributed by atoms with van der Waals surface area (Å²) in [6, 6.07) is 10.7. The molecule has 2 aliphatic heterocycles. The monoisotopic (exact) mass is 425 g/mol. The molecule has 1 aromatic carbocycles. The number of hydrogen-bond donors (Lipinski definition) is 0. The maximum atomic E-state index is 12.7. The Hall–Kier alpha value is -3.13. The van der Waals surface area contributed by atoms with Crippen LogP contribution in [-0.2, 0) is 4.74 Å². The van der Waals surface area contributed by atoms with Gasteiger partial charge in [-0.25, -0.2) is 4.98 Å². The Balaban J connectivity index is 1.28. The minimum Gasteiger partial charge on any atom is -0.497 e. The van der Waals surface area contributed by atoms with Crippen LogP contribution < -0.4 is 9.47 Å². The predicted octanol–water partition coefficient (Wildman–Crippen LogP) is 2.25. The van der Waals surface area contributed by atoms with Gasteiger partial charge in [0.15, 0.2) is 0 Å². The average molecular weight is 425 g/mol. The van der Waals surface area contributed by atoms with Crippen molar-refractivity contribution in [1.29, 1.82) is 0 Å².